The quantitative estimate of drug-likeness (QED) is 0.0657. The van der Waals surface area contributed by atoms with Crippen LogP contribution < -0.4 is 0 Å². The summed E-state index contributed by atoms with van der Waals surface area (Å²) in [5.41, 5.74) is 0.290. The van der Waals surface area contributed by atoms with Crippen LogP contribution in [0.25, 0.3) is 0 Å². The highest BCUT2D eigenvalue weighted by molar-refractivity contribution is 4.86. The van der Waals surface area contributed by atoms with Gasteiger partial charge in [-0.1, -0.05) is 189 Å². The average molecular weight is 633 g/mol. The second-order valence-electron chi connectivity index (χ2n) is 17.1. The van der Waals surface area contributed by atoms with E-state index in [2.05, 4.69) is 34.6 Å². The van der Waals surface area contributed by atoms with Crippen LogP contribution in [0.3, 0.4) is 0 Å². The Labute approximate surface area is 284 Å². The molecule has 2 saturated carbocycles. The third-order valence-corrected chi connectivity index (χ3v) is 11.1. The van der Waals surface area contributed by atoms with Crippen molar-refractivity contribution in [1.29, 1.82) is 0 Å². The van der Waals surface area contributed by atoms with E-state index in [1.54, 1.807) is 12.8 Å². The fourth-order valence-electron chi connectivity index (χ4n) is 7.90. The summed E-state index contributed by atoms with van der Waals surface area (Å²) < 4.78 is 12.5. The van der Waals surface area contributed by atoms with Gasteiger partial charge in [0.15, 0.2) is 0 Å². The molecule has 45 heavy (non-hydrogen) atoms. The van der Waals surface area contributed by atoms with Gasteiger partial charge in [0.2, 0.25) is 0 Å². The minimum absolute atomic E-state index is 0.255. The van der Waals surface area contributed by atoms with Crippen molar-refractivity contribution >= 4 is 0 Å². The molecule has 0 amide bonds. The van der Waals surface area contributed by atoms with Gasteiger partial charge in [-0.15, -0.1) is 0 Å². The molecule has 2 nitrogen and oxygen atoms in total. The molecule has 5 unspecified atom stereocenters. The van der Waals surface area contributed by atoms with E-state index in [1.165, 1.54) is 167 Å². The maximum atomic E-state index is 6.37. The highest BCUT2D eigenvalue weighted by atomic mass is 16.5. The first-order valence-corrected chi connectivity index (χ1v) is 21.1. The molecule has 0 heterocycles. The summed E-state index contributed by atoms with van der Waals surface area (Å²) in [6.45, 7) is 14.2. The van der Waals surface area contributed by atoms with Crippen LogP contribution >= 0.6 is 0 Å². The predicted molar refractivity (Wildman–Crippen MR) is 199 cm³/mol. The number of hydrogen-bond acceptors (Lipinski definition) is 2. The first-order chi connectivity index (χ1) is 21.9. The van der Waals surface area contributed by atoms with E-state index >= 15 is 0 Å². The van der Waals surface area contributed by atoms with Gasteiger partial charge < -0.3 is 9.47 Å². The summed E-state index contributed by atoms with van der Waals surface area (Å²) in [5, 5.41) is 0. The minimum Gasteiger partial charge on any atom is -0.379 e. The van der Waals surface area contributed by atoms with E-state index in [0.29, 0.717) is 5.41 Å². The number of unbranched alkanes of at least 4 members (excludes halogenated alkanes) is 18. The summed E-state index contributed by atoms with van der Waals surface area (Å²) in [4.78, 5) is 0. The monoisotopic (exact) mass is 633 g/mol. The third-order valence-electron chi connectivity index (χ3n) is 11.1. The van der Waals surface area contributed by atoms with E-state index in [-0.39, 0.29) is 6.10 Å². The standard InChI is InChI=1S/C43H84O2/c1-6-8-10-12-17-23-29-40-35-41(40)31-25-19-14-16-21-27-33-45-42(36-43(3,4)5)37-44-32-26-20-15-13-18-24-30-39-34-38(39)28-22-11-9-7-2/h38-42H,6-37H2,1-5H3. The molecule has 0 aromatic carbocycles. The molecule has 2 rings (SSSR count). The Morgan fingerprint density at radius 1 is 0.467 bits per heavy atom. The molecule has 268 valence electrons. The fraction of sp³-hybridized carbons (Fsp3) is 1.00. The van der Waals surface area contributed by atoms with Crippen molar-refractivity contribution in [1.82, 2.24) is 0 Å². The zero-order valence-corrected chi connectivity index (χ0v) is 31.8. The summed E-state index contributed by atoms with van der Waals surface area (Å²) in [6, 6.07) is 0. The normalized spacial score (nSPS) is 21.8. The zero-order valence-electron chi connectivity index (χ0n) is 31.8. The molecule has 5 atom stereocenters. The molecular formula is C43H84O2. The molecule has 2 heteroatoms. The van der Waals surface area contributed by atoms with Crippen molar-refractivity contribution in [2.75, 3.05) is 19.8 Å². The maximum Gasteiger partial charge on any atom is 0.0813 e. The second kappa shape index (κ2) is 26.8. The zero-order chi connectivity index (χ0) is 32.4. The van der Waals surface area contributed by atoms with E-state index in [4.69, 9.17) is 9.47 Å². The molecule has 0 aromatic heterocycles. The van der Waals surface area contributed by atoms with Gasteiger partial charge in [-0.25, -0.2) is 0 Å². The van der Waals surface area contributed by atoms with Gasteiger partial charge in [0.25, 0.3) is 0 Å². The molecule has 0 saturated heterocycles. The Bertz CT molecular complexity index is 638. The van der Waals surface area contributed by atoms with Gasteiger partial charge in [0, 0.05) is 13.2 Å². The van der Waals surface area contributed by atoms with Crippen LogP contribution in [0.2, 0.25) is 0 Å². The van der Waals surface area contributed by atoms with Crippen molar-refractivity contribution in [3.05, 3.63) is 0 Å². The molecule has 0 radical (unpaired) electrons. The minimum atomic E-state index is 0.255. The van der Waals surface area contributed by atoms with Crippen molar-refractivity contribution in [3.8, 4) is 0 Å². The summed E-state index contributed by atoms with van der Waals surface area (Å²) in [5.74, 6) is 4.39. The Morgan fingerprint density at radius 2 is 0.822 bits per heavy atom. The first kappa shape index (κ1) is 41.1. The van der Waals surface area contributed by atoms with Crippen LogP contribution in [0.4, 0.5) is 0 Å². The predicted octanol–water partition coefficient (Wildman–Crippen LogP) is 14.3. The molecule has 2 fully saturated rings. The van der Waals surface area contributed by atoms with Crippen LogP contribution in [-0.2, 0) is 9.47 Å². The lowest BCUT2D eigenvalue weighted by atomic mass is 9.89. The summed E-state index contributed by atoms with van der Waals surface area (Å²) >= 11 is 0. The lowest BCUT2D eigenvalue weighted by molar-refractivity contribution is -0.0363. The Kier molecular flexibility index (Phi) is 24.5. The van der Waals surface area contributed by atoms with Gasteiger partial charge in [-0.05, 0) is 61.2 Å². The Balaban J connectivity index is 1.34. The Morgan fingerprint density at radius 3 is 1.24 bits per heavy atom. The van der Waals surface area contributed by atoms with Crippen LogP contribution in [0.15, 0.2) is 0 Å². The van der Waals surface area contributed by atoms with Crippen molar-refractivity contribution < 1.29 is 9.47 Å². The smallest absolute Gasteiger partial charge is 0.0813 e. The molecule has 0 spiro atoms. The number of ether oxygens (including phenoxy) is 2. The second-order valence-corrected chi connectivity index (χ2v) is 17.1. The summed E-state index contributed by atoms with van der Waals surface area (Å²) in [6.07, 6.45) is 41.5. The molecule has 0 aliphatic heterocycles. The molecule has 0 N–H and O–H groups in total. The molecule has 2 aliphatic carbocycles. The number of rotatable bonds is 34. The molecular weight excluding hydrogens is 548 g/mol. The Hall–Kier alpha value is -0.0800. The van der Waals surface area contributed by atoms with Gasteiger partial charge in [0.1, 0.15) is 0 Å². The SMILES string of the molecule is CCCCCCCCC1CC1CCCCCCCCOC(COCCCCCCCCC1CC1CCCCCC)CC(C)(C)C. The van der Waals surface area contributed by atoms with Crippen LogP contribution in [-0.4, -0.2) is 25.9 Å². The van der Waals surface area contributed by atoms with E-state index < -0.39 is 0 Å². The van der Waals surface area contributed by atoms with Gasteiger partial charge in [-0.3, -0.25) is 0 Å². The van der Waals surface area contributed by atoms with Gasteiger partial charge in [-0.2, -0.15) is 0 Å². The van der Waals surface area contributed by atoms with Crippen molar-refractivity contribution in [3.63, 3.8) is 0 Å². The van der Waals surface area contributed by atoms with Crippen molar-refractivity contribution in [2.45, 2.75) is 227 Å². The van der Waals surface area contributed by atoms with E-state index in [0.717, 1.165) is 49.9 Å². The molecule has 0 aromatic rings. The molecule has 2 aliphatic rings. The fourth-order valence-corrected chi connectivity index (χ4v) is 7.90. The van der Waals surface area contributed by atoms with E-state index in [1.807, 2.05) is 0 Å². The van der Waals surface area contributed by atoms with Crippen LogP contribution in [0, 0.1) is 29.1 Å². The lowest BCUT2D eigenvalue weighted by Gasteiger charge is -2.26. The lowest BCUT2D eigenvalue weighted by Crippen LogP contribution is -2.26. The van der Waals surface area contributed by atoms with E-state index in [9.17, 15) is 0 Å². The maximum absolute atomic E-state index is 6.37. The van der Waals surface area contributed by atoms with Crippen LogP contribution in [0.5, 0.6) is 0 Å². The summed E-state index contributed by atoms with van der Waals surface area (Å²) in [7, 11) is 0. The van der Waals surface area contributed by atoms with Crippen molar-refractivity contribution in [2.24, 2.45) is 29.1 Å². The third kappa shape index (κ3) is 24.7. The largest absolute Gasteiger partial charge is 0.379 e. The van der Waals surface area contributed by atoms with Gasteiger partial charge in [0.05, 0.1) is 12.7 Å². The number of hydrogen-bond donors (Lipinski definition) is 0. The highest BCUT2D eigenvalue weighted by Gasteiger charge is 2.35. The topological polar surface area (TPSA) is 18.5 Å². The highest BCUT2D eigenvalue weighted by Crippen LogP contribution is 2.46. The first-order valence-electron chi connectivity index (χ1n) is 21.1. The average Bonchev–Trinajstić information content (AvgIpc) is 3.93. The molecule has 0 bridgehead atoms. The van der Waals surface area contributed by atoms with Gasteiger partial charge >= 0.3 is 0 Å². The van der Waals surface area contributed by atoms with Crippen LogP contribution in [0.1, 0.15) is 221 Å².